The minimum Gasteiger partial charge on any atom is -0.439 e. The number of benzene rings is 1. The quantitative estimate of drug-likeness (QED) is 0.718. The first-order chi connectivity index (χ1) is 10.8. The summed E-state index contributed by atoms with van der Waals surface area (Å²) in [5.74, 6) is 1.55. The molecule has 0 bridgehead atoms. The van der Waals surface area contributed by atoms with Crippen LogP contribution in [0.4, 0.5) is 5.69 Å². The predicted octanol–water partition coefficient (Wildman–Crippen LogP) is 3.95. The second-order valence-corrected chi connectivity index (χ2v) is 5.69. The Balaban J connectivity index is 1.63. The molecule has 3 heterocycles. The van der Waals surface area contributed by atoms with E-state index >= 15 is 0 Å². The van der Waals surface area contributed by atoms with Crippen LogP contribution in [0.25, 0.3) is 11.6 Å². The zero-order valence-electron chi connectivity index (χ0n) is 11.9. The molecule has 0 unspecified atom stereocenters. The Labute approximate surface area is 133 Å². The van der Waals surface area contributed by atoms with Gasteiger partial charge in [-0.05, 0) is 30.3 Å². The Morgan fingerprint density at radius 3 is 2.91 bits per heavy atom. The second kappa shape index (κ2) is 5.46. The van der Waals surface area contributed by atoms with E-state index < -0.39 is 0 Å². The number of rotatable bonds is 2. The zero-order valence-corrected chi connectivity index (χ0v) is 12.6. The number of hydrogen-bond acceptors (Lipinski definition) is 4. The standard InChI is InChI=1S/C17H14ClN3O/c18-12-4-3-5-13(10-12)21-9-7-16-15(11-21)20-17(22-16)14-6-1-2-8-19-14/h1-6,8,10H,7,9,11H2. The lowest BCUT2D eigenvalue weighted by molar-refractivity contribution is 0.498. The van der Waals surface area contributed by atoms with Crippen molar-refractivity contribution in [2.45, 2.75) is 13.0 Å². The van der Waals surface area contributed by atoms with Crippen LogP contribution in [-0.4, -0.2) is 16.5 Å². The third-order valence-electron chi connectivity index (χ3n) is 3.79. The van der Waals surface area contributed by atoms with Crippen LogP contribution in [0.3, 0.4) is 0 Å². The zero-order chi connectivity index (χ0) is 14.9. The van der Waals surface area contributed by atoms with Gasteiger partial charge in [-0.1, -0.05) is 23.7 Å². The first kappa shape index (κ1) is 13.3. The summed E-state index contributed by atoms with van der Waals surface area (Å²) in [7, 11) is 0. The van der Waals surface area contributed by atoms with Gasteiger partial charge in [0.2, 0.25) is 5.89 Å². The minimum absolute atomic E-state index is 0.596. The van der Waals surface area contributed by atoms with E-state index in [4.69, 9.17) is 16.0 Å². The molecule has 110 valence electrons. The topological polar surface area (TPSA) is 42.2 Å². The Bertz CT molecular complexity index is 801. The molecule has 1 aromatic carbocycles. The molecule has 0 spiro atoms. The van der Waals surface area contributed by atoms with Crippen LogP contribution in [0.5, 0.6) is 0 Å². The average Bonchev–Trinajstić information content (AvgIpc) is 2.99. The largest absolute Gasteiger partial charge is 0.439 e. The smallest absolute Gasteiger partial charge is 0.245 e. The van der Waals surface area contributed by atoms with E-state index in [1.165, 1.54) is 0 Å². The SMILES string of the molecule is Clc1cccc(N2CCc3oc(-c4ccccn4)nc3C2)c1. The molecule has 0 N–H and O–H groups in total. The number of anilines is 1. The number of halogens is 1. The lowest BCUT2D eigenvalue weighted by Crippen LogP contribution is -2.29. The fraction of sp³-hybridized carbons (Fsp3) is 0.176. The molecule has 0 aliphatic carbocycles. The van der Waals surface area contributed by atoms with E-state index in [9.17, 15) is 0 Å². The molecular weight excluding hydrogens is 298 g/mol. The fourth-order valence-electron chi connectivity index (χ4n) is 2.69. The number of oxazole rings is 1. The highest BCUT2D eigenvalue weighted by Gasteiger charge is 2.23. The lowest BCUT2D eigenvalue weighted by Gasteiger charge is -2.27. The molecule has 3 aromatic rings. The highest BCUT2D eigenvalue weighted by atomic mass is 35.5. The minimum atomic E-state index is 0.596. The summed E-state index contributed by atoms with van der Waals surface area (Å²) in [6.07, 6.45) is 2.58. The first-order valence-corrected chi connectivity index (χ1v) is 7.58. The molecular formula is C17H14ClN3O. The van der Waals surface area contributed by atoms with Crippen molar-refractivity contribution in [1.82, 2.24) is 9.97 Å². The van der Waals surface area contributed by atoms with Gasteiger partial charge in [0, 0.05) is 29.9 Å². The predicted molar refractivity (Wildman–Crippen MR) is 85.9 cm³/mol. The van der Waals surface area contributed by atoms with Crippen molar-refractivity contribution < 1.29 is 4.42 Å². The summed E-state index contributed by atoms with van der Waals surface area (Å²) in [5.41, 5.74) is 2.86. The summed E-state index contributed by atoms with van der Waals surface area (Å²) >= 11 is 6.08. The summed E-state index contributed by atoms with van der Waals surface area (Å²) in [5, 5.41) is 0.748. The summed E-state index contributed by atoms with van der Waals surface area (Å²) in [6.45, 7) is 1.62. The van der Waals surface area contributed by atoms with Crippen molar-refractivity contribution in [2.24, 2.45) is 0 Å². The molecule has 0 saturated heterocycles. The molecule has 1 aliphatic heterocycles. The lowest BCUT2D eigenvalue weighted by atomic mass is 10.1. The van der Waals surface area contributed by atoms with Crippen molar-refractivity contribution in [3.63, 3.8) is 0 Å². The Kier molecular flexibility index (Phi) is 3.31. The van der Waals surface area contributed by atoms with Crippen molar-refractivity contribution >= 4 is 17.3 Å². The molecule has 0 fully saturated rings. The van der Waals surface area contributed by atoms with Crippen LogP contribution in [0, 0.1) is 0 Å². The van der Waals surface area contributed by atoms with Crippen molar-refractivity contribution in [1.29, 1.82) is 0 Å². The van der Waals surface area contributed by atoms with Gasteiger partial charge >= 0.3 is 0 Å². The maximum Gasteiger partial charge on any atom is 0.245 e. The number of fused-ring (bicyclic) bond motifs is 1. The number of aromatic nitrogens is 2. The molecule has 4 rings (SSSR count). The second-order valence-electron chi connectivity index (χ2n) is 5.26. The highest BCUT2D eigenvalue weighted by molar-refractivity contribution is 6.30. The molecule has 0 saturated carbocycles. The van der Waals surface area contributed by atoms with Gasteiger partial charge in [-0.25, -0.2) is 4.98 Å². The number of nitrogens with zero attached hydrogens (tertiary/aromatic N) is 3. The van der Waals surface area contributed by atoms with Crippen LogP contribution in [0.2, 0.25) is 5.02 Å². The molecule has 0 amide bonds. The molecule has 1 aliphatic rings. The van der Waals surface area contributed by atoms with Crippen LogP contribution < -0.4 is 4.90 Å². The van der Waals surface area contributed by atoms with Gasteiger partial charge in [0.1, 0.15) is 17.1 Å². The third kappa shape index (κ3) is 2.46. The molecule has 4 nitrogen and oxygen atoms in total. The Hall–Kier alpha value is -2.33. The van der Waals surface area contributed by atoms with Gasteiger partial charge in [-0.15, -0.1) is 0 Å². The van der Waals surface area contributed by atoms with Crippen molar-refractivity contribution in [3.05, 3.63) is 65.1 Å². The summed E-state index contributed by atoms with van der Waals surface area (Å²) < 4.78 is 5.87. The molecule has 0 radical (unpaired) electrons. The molecule has 5 heteroatoms. The number of pyridine rings is 1. The normalized spacial score (nSPS) is 14.0. The van der Waals surface area contributed by atoms with E-state index in [2.05, 4.69) is 20.9 Å². The van der Waals surface area contributed by atoms with E-state index in [1.54, 1.807) is 6.20 Å². The van der Waals surface area contributed by atoms with Gasteiger partial charge in [-0.3, -0.25) is 4.98 Å². The van der Waals surface area contributed by atoms with E-state index in [0.29, 0.717) is 5.89 Å². The van der Waals surface area contributed by atoms with Gasteiger partial charge in [0.05, 0.1) is 6.54 Å². The van der Waals surface area contributed by atoms with Crippen LogP contribution in [-0.2, 0) is 13.0 Å². The van der Waals surface area contributed by atoms with Gasteiger partial charge in [0.25, 0.3) is 0 Å². The first-order valence-electron chi connectivity index (χ1n) is 7.20. The van der Waals surface area contributed by atoms with Crippen LogP contribution >= 0.6 is 11.6 Å². The summed E-state index contributed by atoms with van der Waals surface area (Å²) in [6, 6.07) is 13.6. The molecule has 22 heavy (non-hydrogen) atoms. The maximum atomic E-state index is 6.08. The maximum absolute atomic E-state index is 6.08. The molecule has 2 aromatic heterocycles. The Morgan fingerprint density at radius 1 is 1.14 bits per heavy atom. The number of hydrogen-bond donors (Lipinski definition) is 0. The highest BCUT2D eigenvalue weighted by Crippen LogP contribution is 2.28. The fourth-order valence-corrected chi connectivity index (χ4v) is 2.88. The third-order valence-corrected chi connectivity index (χ3v) is 4.02. The average molecular weight is 312 g/mol. The van der Waals surface area contributed by atoms with E-state index in [0.717, 1.165) is 47.4 Å². The van der Waals surface area contributed by atoms with Crippen LogP contribution in [0.15, 0.2) is 53.1 Å². The van der Waals surface area contributed by atoms with Gasteiger partial charge in [-0.2, -0.15) is 0 Å². The van der Waals surface area contributed by atoms with Crippen LogP contribution in [0.1, 0.15) is 11.5 Å². The van der Waals surface area contributed by atoms with Gasteiger partial charge < -0.3 is 9.32 Å². The van der Waals surface area contributed by atoms with Gasteiger partial charge in [0.15, 0.2) is 0 Å². The van der Waals surface area contributed by atoms with E-state index in [-0.39, 0.29) is 0 Å². The summed E-state index contributed by atoms with van der Waals surface area (Å²) in [4.78, 5) is 11.2. The van der Waals surface area contributed by atoms with Crippen molar-refractivity contribution in [3.8, 4) is 11.6 Å². The monoisotopic (exact) mass is 311 g/mol. The van der Waals surface area contributed by atoms with Crippen molar-refractivity contribution in [2.75, 3.05) is 11.4 Å². The Morgan fingerprint density at radius 2 is 2.09 bits per heavy atom. The molecule has 0 atom stereocenters. The van der Waals surface area contributed by atoms with E-state index in [1.807, 2.05) is 36.4 Å².